The Bertz CT molecular complexity index is 390. The number of esters is 2. The first-order chi connectivity index (χ1) is 8.84. The van der Waals surface area contributed by atoms with Crippen LogP contribution in [0.25, 0.3) is 0 Å². The lowest BCUT2D eigenvalue weighted by Gasteiger charge is -2.15. The summed E-state index contributed by atoms with van der Waals surface area (Å²) in [6, 6.07) is 0. The van der Waals surface area contributed by atoms with Gasteiger partial charge >= 0.3 is 11.9 Å². The van der Waals surface area contributed by atoms with Gasteiger partial charge in [0.25, 0.3) is 0 Å². The lowest BCUT2D eigenvalue weighted by molar-refractivity contribution is -0.142. The van der Waals surface area contributed by atoms with E-state index in [0.717, 1.165) is 0 Å². The van der Waals surface area contributed by atoms with Gasteiger partial charge in [-0.3, -0.25) is 0 Å². The topological polar surface area (TPSA) is 55.8 Å². The first-order valence-corrected chi connectivity index (χ1v) is 6.25. The Morgan fingerprint density at radius 2 is 1.47 bits per heavy atom. The molecule has 5 nitrogen and oxygen atoms in total. The van der Waals surface area contributed by atoms with Crippen molar-refractivity contribution in [2.45, 2.75) is 27.7 Å². The summed E-state index contributed by atoms with van der Waals surface area (Å²) >= 11 is 0. The van der Waals surface area contributed by atoms with Crippen LogP contribution in [0, 0.1) is 0 Å². The van der Waals surface area contributed by atoms with Crippen LogP contribution in [0.4, 0.5) is 0 Å². The summed E-state index contributed by atoms with van der Waals surface area (Å²) in [6.45, 7) is 7.47. The number of nitrogens with zero attached hydrogens (tertiary/aromatic N) is 1. The summed E-state index contributed by atoms with van der Waals surface area (Å²) in [5.74, 6) is -1.04. The fourth-order valence-electron chi connectivity index (χ4n) is 1.47. The van der Waals surface area contributed by atoms with Gasteiger partial charge in [-0.2, -0.15) is 0 Å². The normalized spacial score (nSPS) is 10.7. The van der Waals surface area contributed by atoms with Gasteiger partial charge in [0.2, 0.25) is 0 Å². The second kappa shape index (κ2) is 8.34. The van der Waals surface area contributed by atoms with Gasteiger partial charge in [-0.1, -0.05) is 5.57 Å². The van der Waals surface area contributed by atoms with E-state index in [2.05, 4.69) is 0 Å². The molecule has 0 saturated heterocycles. The maximum Gasteiger partial charge on any atom is 0.340 e. The summed E-state index contributed by atoms with van der Waals surface area (Å²) in [4.78, 5) is 25.6. The molecule has 0 aromatic carbocycles. The minimum Gasteiger partial charge on any atom is -0.462 e. The molecule has 19 heavy (non-hydrogen) atoms. The summed E-state index contributed by atoms with van der Waals surface area (Å²) in [6.07, 6.45) is 1.57. The molecule has 0 aliphatic rings. The molecule has 0 aromatic rings. The van der Waals surface area contributed by atoms with Gasteiger partial charge in [0.05, 0.1) is 24.4 Å². The summed E-state index contributed by atoms with van der Waals surface area (Å²) in [7, 11) is 3.54. The highest BCUT2D eigenvalue weighted by atomic mass is 16.5. The zero-order chi connectivity index (χ0) is 15.0. The Morgan fingerprint density at radius 1 is 1.00 bits per heavy atom. The van der Waals surface area contributed by atoms with E-state index in [1.54, 1.807) is 52.9 Å². The van der Waals surface area contributed by atoms with Crippen molar-refractivity contribution in [1.82, 2.24) is 4.90 Å². The molecular weight excluding hydrogens is 246 g/mol. The highest BCUT2D eigenvalue weighted by Gasteiger charge is 2.24. The highest BCUT2D eigenvalue weighted by molar-refractivity contribution is 6.07. The van der Waals surface area contributed by atoms with Crippen molar-refractivity contribution in [3.63, 3.8) is 0 Å². The van der Waals surface area contributed by atoms with E-state index < -0.39 is 11.9 Å². The Hall–Kier alpha value is -1.78. The van der Waals surface area contributed by atoms with Crippen LogP contribution in [-0.4, -0.2) is 44.1 Å². The third-order valence-electron chi connectivity index (χ3n) is 2.13. The third-order valence-corrected chi connectivity index (χ3v) is 2.13. The molecule has 0 aliphatic heterocycles. The fraction of sp³-hybridized carbons (Fsp3) is 0.571. The van der Waals surface area contributed by atoms with E-state index in [1.807, 2.05) is 0 Å². The molecule has 0 unspecified atom stereocenters. The van der Waals surface area contributed by atoms with Gasteiger partial charge in [-0.05, 0) is 27.7 Å². The molecule has 108 valence electrons. The standard InChI is InChI=1S/C14H23NO4/c1-7-18-13(16)11(9-15(5)6)12(10(3)4)14(17)19-8-2/h9H,7-8H2,1-6H3. The minimum atomic E-state index is -0.527. The van der Waals surface area contributed by atoms with Crippen LogP contribution in [0.2, 0.25) is 0 Å². The minimum absolute atomic E-state index is 0.213. The lowest BCUT2D eigenvalue weighted by atomic mass is 10.0. The molecule has 0 saturated carbocycles. The predicted molar refractivity (Wildman–Crippen MR) is 73.4 cm³/mol. The van der Waals surface area contributed by atoms with Crippen molar-refractivity contribution in [3.8, 4) is 0 Å². The molecule has 0 N–H and O–H groups in total. The van der Waals surface area contributed by atoms with Gasteiger partial charge in [-0.25, -0.2) is 9.59 Å². The summed E-state index contributed by atoms with van der Waals surface area (Å²) in [5.41, 5.74) is 1.18. The number of hydrogen-bond acceptors (Lipinski definition) is 5. The van der Waals surface area contributed by atoms with Gasteiger partial charge in [0.1, 0.15) is 0 Å². The molecular formula is C14H23NO4. The van der Waals surface area contributed by atoms with E-state index >= 15 is 0 Å². The average Bonchev–Trinajstić information content (AvgIpc) is 2.27. The van der Waals surface area contributed by atoms with Crippen LogP contribution >= 0.6 is 0 Å². The number of allylic oxidation sites excluding steroid dienone is 1. The van der Waals surface area contributed by atoms with Gasteiger partial charge in [0, 0.05) is 20.3 Å². The van der Waals surface area contributed by atoms with E-state index in [1.165, 1.54) is 0 Å². The quantitative estimate of drug-likeness (QED) is 0.419. The summed E-state index contributed by atoms with van der Waals surface area (Å²) in [5, 5.41) is 0. The summed E-state index contributed by atoms with van der Waals surface area (Å²) < 4.78 is 9.98. The smallest absolute Gasteiger partial charge is 0.340 e. The monoisotopic (exact) mass is 269 g/mol. The lowest BCUT2D eigenvalue weighted by Crippen LogP contribution is -2.20. The van der Waals surface area contributed by atoms with Crippen molar-refractivity contribution in [1.29, 1.82) is 0 Å². The Labute approximate surface area is 114 Å². The second-order valence-corrected chi connectivity index (χ2v) is 4.32. The Morgan fingerprint density at radius 3 is 1.84 bits per heavy atom. The Kier molecular flexibility index (Phi) is 7.56. The molecule has 0 fully saturated rings. The van der Waals surface area contributed by atoms with E-state index in [-0.39, 0.29) is 24.4 Å². The zero-order valence-corrected chi connectivity index (χ0v) is 12.6. The van der Waals surface area contributed by atoms with Crippen molar-refractivity contribution >= 4 is 11.9 Å². The molecule has 0 atom stereocenters. The maximum atomic E-state index is 12.0. The molecule has 0 rings (SSSR count). The van der Waals surface area contributed by atoms with E-state index in [0.29, 0.717) is 5.57 Å². The molecule has 0 bridgehead atoms. The molecule has 0 amide bonds. The molecule has 0 radical (unpaired) electrons. The van der Waals surface area contributed by atoms with Crippen LogP contribution < -0.4 is 0 Å². The first kappa shape index (κ1) is 17.2. The number of rotatable bonds is 6. The molecule has 5 heteroatoms. The molecule has 0 aromatic heterocycles. The molecule has 0 spiro atoms. The van der Waals surface area contributed by atoms with Gasteiger partial charge in [-0.15, -0.1) is 0 Å². The number of ether oxygens (including phenoxy) is 2. The predicted octanol–water partition coefficient (Wildman–Crippen LogP) is 1.89. The van der Waals surface area contributed by atoms with Gasteiger partial charge in [0.15, 0.2) is 0 Å². The van der Waals surface area contributed by atoms with Crippen molar-refractivity contribution in [2.75, 3.05) is 27.3 Å². The van der Waals surface area contributed by atoms with Crippen LogP contribution in [0.5, 0.6) is 0 Å². The van der Waals surface area contributed by atoms with Crippen molar-refractivity contribution in [3.05, 3.63) is 22.9 Å². The van der Waals surface area contributed by atoms with Crippen LogP contribution in [-0.2, 0) is 19.1 Å². The highest BCUT2D eigenvalue weighted by Crippen LogP contribution is 2.19. The van der Waals surface area contributed by atoms with Crippen molar-refractivity contribution in [2.24, 2.45) is 0 Å². The SMILES string of the molecule is CCOC(=O)C(=CN(C)C)C(C(=O)OCC)=C(C)C. The van der Waals surface area contributed by atoms with Crippen LogP contribution in [0.3, 0.4) is 0 Å². The first-order valence-electron chi connectivity index (χ1n) is 6.25. The number of hydrogen-bond donors (Lipinski definition) is 0. The molecule has 0 aliphatic carbocycles. The maximum absolute atomic E-state index is 12.0. The zero-order valence-electron chi connectivity index (χ0n) is 12.6. The molecule has 0 heterocycles. The second-order valence-electron chi connectivity index (χ2n) is 4.32. The fourth-order valence-corrected chi connectivity index (χ4v) is 1.47. The Balaban J connectivity index is 5.61. The largest absolute Gasteiger partial charge is 0.462 e. The van der Waals surface area contributed by atoms with Gasteiger partial charge < -0.3 is 14.4 Å². The van der Waals surface area contributed by atoms with E-state index in [9.17, 15) is 9.59 Å². The van der Waals surface area contributed by atoms with Crippen molar-refractivity contribution < 1.29 is 19.1 Å². The number of carbonyl (C=O) groups is 2. The number of carbonyl (C=O) groups excluding carboxylic acids is 2. The van der Waals surface area contributed by atoms with Crippen LogP contribution in [0.1, 0.15) is 27.7 Å². The van der Waals surface area contributed by atoms with E-state index in [4.69, 9.17) is 9.47 Å². The average molecular weight is 269 g/mol. The van der Waals surface area contributed by atoms with Crippen LogP contribution in [0.15, 0.2) is 22.9 Å². The third kappa shape index (κ3) is 5.59.